The summed E-state index contributed by atoms with van der Waals surface area (Å²) in [5.74, 6) is 0. The highest BCUT2D eigenvalue weighted by atomic mass is 32.1. The number of nitrogens with one attached hydrogen (secondary N) is 1. The molecule has 0 aliphatic rings. The van der Waals surface area contributed by atoms with Gasteiger partial charge in [0.25, 0.3) is 0 Å². The molecular weight excluding hydrogens is 270 g/mol. The molecule has 1 atom stereocenters. The van der Waals surface area contributed by atoms with E-state index in [2.05, 4.69) is 27.3 Å². The number of hydrogen-bond donors (Lipinski definition) is 1. The number of rotatable bonds is 4. The van der Waals surface area contributed by atoms with Crippen LogP contribution in [-0.2, 0) is 7.05 Å². The summed E-state index contributed by atoms with van der Waals surface area (Å²) in [6.45, 7) is 4.18. The molecule has 5 nitrogen and oxygen atoms in total. The fourth-order valence-corrected chi connectivity index (χ4v) is 3.30. The maximum absolute atomic E-state index is 4.64. The van der Waals surface area contributed by atoms with Crippen LogP contribution in [0.4, 0.5) is 5.13 Å². The summed E-state index contributed by atoms with van der Waals surface area (Å²) in [4.78, 5) is 8.71. The highest BCUT2D eigenvalue weighted by Crippen LogP contribution is 2.31. The Kier molecular flexibility index (Phi) is 3.40. The van der Waals surface area contributed by atoms with Gasteiger partial charge in [-0.2, -0.15) is 5.10 Å². The van der Waals surface area contributed by atoms with Gasteiger partial charge in [0.05, 0.1) is 16.4 Å². The number of aromatic nitrogens is 4. The van der Waals surface area contributed by atoms with E-state index in [-0.39, 0.29) is 6.04 Å². The molecule has 0 amide bonds. The first-order valence-corrected chi connectivity index (χ1v) is 7.47. The summed E-state index contributed by atoms with van der Waals surface area (Å²) in [6.07, 6.45) is 4.65. The van der Waals surface area contributed by atoms with Crippen LogP contribution in [0, 0.1) is 6.92 Å². The minimum atomic E-state index is 0.256. The summed E-state index contributed by atoms with van der Waals surface area (Å²) >= 11 is 1.66. The normalized spacial score (nSPS) is 12.8. The van der Waals surface area contributed by atoms with Gasteiger partial charge in [-0.1, -0.05) is 18.3 Å². The molecular formula is C14H17N5S. The number of fused-ring (bicyclic) bond motifs is 1. The van der Waals surface area contributed by atoms with Gasteiger partial charge in [0.1, 0.15) is 0 Å². The number of thiazole rings is 1. The Balaban J connectivity index is 1.90. The Hall–Kier alpha value is -1.95. The van der Waals surface area contributed by atoms with E-state index in [0.717, 1.165) is 27.6 Å². The first-order valence-electron chi connectivity index (χ1n) is 6.65. The lowest BCUT2D eigenvalue weighted by atomic mass is 10.1. The van der Waals surface area contributed by atoms with Crippen LogP contribution in [-0.4, -0.2) is 19.7 Å². The molecule has 0 saturated heterocycles. The maximum Gasteiger partial charge on any atom is 0.185 e. The van der Waals surface area contributed by atoms with E-state index in [1.807, 2.05) is 43.2 Å². The van der Waals surface area contributed by atoms with Crippen molar-refractivity contribution in [1.82, 2.24) is 19.7 Å². The molecule has 104 valence electrons. The number of anilines is 1. The lowest BCUT2D eigenvalue weighted by molar-refractivity contribution is 0.744. The maximum atomic E-state index is 4.64. The predicted octanol–water partition coefficient (Wildman–Crippen LogP) is 3.30. The van der Waals surface area contributed by atoms with Gasteiger partial charge in [-0.15, -0.1) is 0 Å². The quantitative estimate of drug-likeness (QED) is 0.800. The van der Waals surface area contributed by atoms with Crippen molar-refractivity contribution in [3.63, 3.8) is 0 Å². The van der Waals surface area contributed by atoms with Gasteiger partial charge in [0.2, 0.25) is 0 Å². The number of hydrogen-bond acceptors (Lipinski definition) is 5. The number of nitrogens with zero attached hydrogens (tertiary/aromatic N) is 4. The Morgan fingerprint density at radius 1 is 1.35 bits per heavy atom. The monoisotopic (exact) mass is 287 g/mol. The van der Waals surface area contributed by atoms with E-state index in [1.165, 1.54) is 5.56 Å². The molecule has 0 fully saturated rings. The minimum Gasteiger partial charge on any atom is -0.355 e. The zero-order valence-electron chi connectivity index (χ0n) is 11.8. The van der Waals surface area contributed by atoms with E-state index in [0.29, 0.717) is 0 Å². The molecule has 1 N–H and O–H groups in total. The third-order valence-corrected chi connectivity index (χ3v) is 4.44. The molecule has 0 radical (unpaired) electrons. The van der Waals surface area contributed by atoms with Crippen molar-refractivity contribution in [3.05, 3.63) is 35.8 Å². The Labute approximate surface area is 121 Å². The van der Waals surface area contributed by atoms with Gasteiger partial charge in [-0.3, -0.25) is 4.98 Å². The van der Waals surface area contributed by atoms with Gasteiger partial charge in [-0.25, -0.2) is 9.67 Å². The SMILES string of the molecule is CCC(Nc1nc2c(s1)c(C)nn2C)c1ccncc1. The van der Waals surface area contributed by atoms with Crippen molar-refractivity contribution in [3.8, 4) is 0 Å². The van der Waals surface area contributed by atoms with E-state index >= 15 is 0 Å². The summed E-state index contributed by atoms with van der Waals surface area (Å²) in [5, 5.41) is 8.84. The predicted molar refractivity (Wildman–Crippen MR) is 82.0 cm³/mol. The van der Waals surface area contributed by atoms with Gasteiger partial charge < -0.3 is 5.32 Å². The van der Waals surface area contributed by atoms with Crippen molar-refractivity contribution in [2.75, 3.05) is 5.32 Å². The highest BCUT2D eigenvalue weighted by molar-refractivity contribution is 7.22. The van der Waals surface area contributed by atoms with Crippen LogP contribution >= 0.6 is 11.3 Å². The molecule has 6 heteroatoms. The van der Waals surface area contributed by atoms with Crippen LogP contribution in [0.3, 0.4) is 0 Å². The third-order valence-electron chi connectivity index (χ3n) is 3.36. The van der Waals surface area contributed by atoms with E-state index in [9.17, 15) is 0 Å². The van der Waals surface area contributed by atoms with Crippen LogP contribution in [0.25, 0.3) is 10.3 Å². The Bertz CT molecular complexity index is 681. The molecule has 0 bridgehead atoms. The van der Waals surface area contributed by atoms with Crippen molar-refractivity contribution >= 4 is 26.8 Å². The zero-order chi connectivity index (χ0) is 14.1. The van der Waals surface area contributed by atoms with Gasteiger partial charge in [0, 0.05) is 19.4 Å². The smallest absolute Gasteiger partial charge is 0.185 e. The van der Waals surface area contributed by atoms with Crippen molar-refractivity contribution in [2.24, 2.45) is 7.05 Å². The Morgan fingerprint density at radius 2 is 2.10 bits per heavy atom. The lowest BCUT2D eigenvalue weighted by Crippen LogP contribution is -2.09. The Morgan fingerprint density at radius 3 is 2.75 bits per heavy atom. The topological polar surface area (TPSA) is 55.6 Å². The molecule has 0 saturated carbocycles. The van der Waals surface area contributed by atoms with Crippen LogP contribution in [0.2, 0.25) is 0 Å². The molecule has 20 heavy (non-hydrogen) atoms. The minimum absolute atomic E-state index is 0.256. The van der Waals surface area contributed by atoms with E-state index < -0.39 is 0 Å². The van der Waals surface area contributed by atoms with Crippen molar-refractivity contribution in [1.29, 1.82) is 0 Å². The van der Waals surface area contributed by atoms with Crippen molar-refractivity contribution < 1.29 is 0 Å². The van der Waals surface area contributed by atoms with E-state index in [1.54, 1.807) is 11.3 Å². The zero-order valence-corrected chi connectivity index (χ0v) is 12.6. The number of pyridine rings is 1. The fourth-order valence-electron chi connectivity index (χ4n) is 2.31. The molecule has 0 spiro atoms. The second-order valence-corrected chi connectivity index (χ2v) is 5.77. The molecule has 0 aliphatic heterocycles. The van der Waals surface area contributed by atoms with Gasteiger partial charge in [0.15, 0.2) is 10.8 Å². The second kappa shape index (κ2) is 5.20. The number of aryl methyl sites for hydroxylation is 2. The van der Waals surface area contributed by atoms with Crippen LogP contribution in [0.15, 0.2) is 24.5 Å². The van der Waals surface area contributed by atoms with Gasteiger partial charge in [-0.05, 0) is 31.0 Å². The average Bonchev–Trinajstić information content (AvgIpc) is 2.99. The summed E-state index contributed by atoms with van der Waals surface area (Å²) in [6, 6.07) is 4.34. The first-order chi connectivity index (χ1) is 9.69. The van der Waals surface area contributed by atoms with E-state index in [4.69, 9.17) is 0 Å². The molecule has 0 aliphatic carbocycles. The molecule has 3 heterocycles. The standard InChI is InChI=1S/C14H17N5S/c1-4-11(10-5-7-15-8-6-10)16-14-17-13-12(20-14)9(2)18-19(13)3/h5-8,11H,4H2,1-3H3,(H,16,17). The first kappa shape index (κ1) is 13.1. The third kappa shape index (κ3) is 2.27. The van der Waals surface area contributed by atoms with Crippen LogP contribution in [0.1, 0.15) is 30.6 Å². The second-order valence-electron chi connectivity index (χ2n) is 4.77. The fraction of sp³-hybridized carbons (Fsp3) is 0.357. The molecule has 1 unspecified atom stereocenters. The molecule has 3 aromatic rings. The summed E-state index contributed by atoms with van der Waals surface area (Å²) in [7, 11) is 1.93. The molecule has 3 rings (SSSR count). The van der Waals surface area contributed by atoms with Crippen molar-refractivity contribution in [2.45, 2.75) is 26.3 Å². The summed E-state index contributed by atoms with van der Waals surface area (Å²) < 4.78 is 2.99. The lowest BCUT2D eigenvalue weighted by Gasteiger charge is -2.16. The van der Waals surface area contributed by atoms with Crippen LogP contribution < -0.4 is 5.32 Å². The largest absolute Gasteiger partial charge is 0.355 e. The van der Waals surface area contributed by atoms with Gasteiger partial charge >= 0.3 is 0 Å². The summed E-state index contributed by atoms with van der Waals surface area (Å²) in [5.41, 5.74) is 3.21. The average molecular weight is 287 g/mol. The molecule has 3 aromatic heterocycles. The molecule has 0 aromatic carbocycles. The highest BCUT2D eigenvalue weighted by Gasteiger charge is 2.15. The van der Waals surface area contributed by atoms with Crippen LogP contribution in [0.5, 0.6) is 0 Å².